The minimum atomic E-state index is -0.536. The number of carbonyl (C=O) groups is 1. The molecule has 0 aliphatic heterocycles. The van der Waals surface area contributed by atoms with Crippen LogP contribution in [-0.2, 0) is 0 Å². The molecule has 0 fully saturated rings. The fourth-order valence-electron chi connectivity index (χ4n) is 1.43. The van der Waals surface area contributed by atoms with Gasteiger partial charge in [-0.2, -0.15) is 0 Å². The first-order valence-electron chi connectivity index (χ1n) is 4.79. The van der Waals surface area contributed by atoms with Crippen molar-refractivity contribution in [1.82, 2.24) is 4.98 Å². The second kappa shape index (κ2) is 4.02. The molecular formula is C12H11N3O. The first-order valence-corrected chi connectivity index (χ1v) is 4.79. The van der Waals surface area contributed by atoms with Crippen molar-refractivity contribution < 1.29 is 4.79 Å². The largest absolute Gasteiger partial charge is 0.399 e. The quantitative estimate of drug-likeness (QED) is 0.740. The highest BCUT2D eigenvalue weighted by molar-refractivity contribution is 5.91. The summed E-state index contributed by atoms with van der Waals surface area (Å²) in [6.07, 6.45) is 0. The lowest BCUT2D eigenvalue weighted by molar-refractivity contribution is 0.0995. The van der Waals surface area contributed by atoms with Crippen LogP contribution in [0.2, 0.25) is 0 Å². The van der Waals surface area contributed by atoms with Crippen molar-refractivity contribution in [2.24, 2.45) is 5.73 Å². The van der Waals surface area contributed by atoms with Crippen molar-refractivity contribution in [1.29, 1.82) is 0 Å². The molecule has 1 aromatic heterocycles. The minimum absolute atomic E-state index is 0.250. The fourth-order valence-corrected chi connectivity index (χ4v) is 1.43. The number of aromatic nitrogens is 1. The van der Waals surface area contributed by atoms with Gasteiger partial charge in [-0.1, -0.05) is 18.2 Å². The summed E-state index contributed by atoms with van der Waals surface area (Å²) in [5.41, 5.74) is 13.3. The van der Waals surface area contributed by atoms with Gasteiger partial charge in [-0.05, 0) is 24.3 Å². The number of pyridine rings is 1. The molecule has 80 valence electrons. The maximum Gasteiger partial charge on any atom is 0.267 e. The summed E-state index contributed by atoms with van der Waals surface area (Å²) in [4.78, 5) is 15.1. The van der Waals surface area contributed by atoms with Gasteiger partial charge in [0, 0.05) is 11.3 Å². The molecule has 0 spiro atoms. The summed E-state index contributed by atoms with van der Waals surface area (Å²) in [6, 6.07) is 12.4. The maximum atomic E-state index is 11.0. The molecule has 4 nitrogen and oxygen atoms in total. The molecule has 4 N–H and O–H groups in total. The molecule has 0 saturated heterocycles. The van der Waals surface area contributed by atoms with E-state index in [2.05, 4.69) is 4.98 Å². The van der Waals surface area contributed by atoms with E-state index >= 15 is 0 Å². The van der Waals surface area contributed by atoms with E-state index in [4.69, 9.17) is 11.5 Å². The van der Waals surface area contributed by atoms with Crippen molar-refractivity contribution in [2.75, 3.05) is 5.73 Å². The van der Waals surface area contributed by atoms with Gasteiger partial charge in [-0.15, -0.1) is 0 Å². The van der Waals surface area contributed by atoms with E-state index in [0.29, 0.717) is 11.4 Å². The molecule has 4 heteroatoms. The number of benzene rings is 1. The van der Waals surface area contributed by atoms with Gasteiger partial charge in [0.05, 0.1) is 5.69 Å². The highest BCUT2D eigenvalue weighted by atomic mass is 16.1. The number of nitrogen functional groups attached to an aromatic ring is 1. The van der Waals surface area contributed by atoms with Crippen molar-refractivity contribution in [2.45, 2.75) is 0 Å². The molecule has 0 saturated carbocycles. The number of primary amides is 1. The van der Waals surface area contributed by atoms with Crippen LogP contribution in [0, 0.1) is 0 Å². The van der Waals surface area contributed by atoms with Crippen LogP contribution in [0.25, 0.3) is 11.3 Å². The van der Waals surface area contributed by atoms with Crippen molar-refractivity contribution in [3.63, 3.8) is 0 Å². The predicted molar refractivity (Wildman–Crippen MR) is 62.6 cm³/mol. The molecule has 16 heavy (non-hydrogen) atoms. The molecule has 0 radical (unpaired) electrons. The summed E-state index contributed by atoms with van der Waals surface area (Å²) in [7, 11) is 0. The number of amides is 1. The third-order valence-electron chi connectivity index (χ3n) is 2.18. The van der Waals surface area contributed by atoms with E-state index in [-0.39, 0.29) is 5.69 Å². The smallest absolute Gasteiger partial charge is 0.267 e. The third kappa shape index (κ3) is 2.00. The van der Waals surface area contributed by atoms with Gasteiger partial charge in [0.2, 0.25) is 0 Å². The number of hydrogen-bond acceptors (Lipinski definition) is 3. The lowest BCUT2D eigenvalue weighted by Gasteiger charge is -2.03. The highest BCUT2D eigenvalue weighted by Crippen LogP contribution is 2.19. The van der Waals surface area contributed by atoms with Crippen LogP contribution in [0.1, 0.15) is 10.5 Å². The van der Waals surface area contributed by atoms with Gasteiger partial charge in [-0.25, -0.2) is 4.98 Å². The molecule has 1 amide bonds. The minimum Gasteiger partial charge on any atom is -0.399 e. The normalized spacial score (nSPS) is 10.0. The molecular weight excluding hydrogens is 202 g/mol. The van der Waals surface area contributed by atoms with Crippen molar-refractivity contribution in [3.8, 4) is 11.3 Å². The van der Waals surface area contributed by atoms with Crippen molar-refractivity contribution >= 4 is 11.6 Å². The molecule has 0 aliphatic rings. The van der Waals surface area contributed by atoms with E-state index in [1.807, 2.05) is 12.1 Å². The predicted octanol–water partition coefficient (Wildman–Crippen LogP) is 1.43. The van der Waals surface area contributed by atoms with E-state index < -0.39 is 5.91 Å². The summed E-state index contributed by atoms with van der Waals surface area (Å²) in [6.45, 7) is 0. The third-order valence-corrected chi connectivity index (χ3v) is 2.18. The number of rotatable bonds is 2. The number of anilines is 1. The zero-order valence-corrected chi connectivity index (χ0v) is 8.55. The Balaban J connectivity index is 2.48. The van der Waals surface area contributed by atoms with Crippen molar-refractivity contribution in [3.05, 3.63) is 48.2 Å². The lowest BCUT2D eigenvalue weighted by Crippen LogP contribution is -2.13. The van der Waals surface area contributed by atoms with Gasteiger partial charge in [0.15, 0.2) is 0 Å². The second-order valence-electron chi connectivity index (χ2n) is 3.40. The summed E-state index contributed by atoms with van der Waals surface area (Å²) >= 11 is 0. The molecule has 0 atom stereocenters. The Morgan fingerprint density at radius 2 is 1.88 bits per heavy atom. The molecule has 2 aromatic rings. The van der Waals surface area contributed by atoms with Crippen LogP contribution in [0.5, 0.6) is 0 Å². The number of hydrogen-bond donors (Lipinski definition) is 2. The van der Waals surface area contributed by atoms with Crippen LogP contribution in [0.4, 0.5) is 5.69 Å². The molecule has 0 aliphatic carbocycles. The molecule has 0 unspecified atom stereocenters. The SMILES string of the molecule is NC(=O)c1cccc(-c2cccc(N)c2)n1. The maximum absolute atomic E-state index is 11.0. The van der Waals surface area contributed by atoms with E-state index in [1.54, 1.807) is 30.3 Å². The van der Waals surface area contributed by atoms with E-state index in [9.17, 15) is 4.79 Å². The molecule has 0 bridgehead atoms. The average Bonchev–Trinajstić information content (AvgIpc) is 2.29. The standard InChI is InChI=1S/C12H11N3O/c13-9-4-1-3-8(7-9)10-5-2-6-11(15-10)12(14)16/h1-7H,13H2,(H2,14,16). The Morgan fingerprint density at radius 1 is 1.12 bits per heavy atom. The number of nitrogens with zero attached hydrogens (tertiary/aromatic N) is 1. The lowest BCUT2D eigenvalue weighted by atomic mass is 10.1. The Labute approximate surface area is 92.9 Å². The topological polar surface area (TPSA) is 82.0 Å². The summed E-state index contributed by atoms with van der Waals surface area (Å²) in [5.74, 6) is -0.536. The van der Waals surface area contributed by atoms with Gasteiger partial charge in [0.1, 0.15) is 5.69 Å². The number of nitrogens with two attached hydrogens (primary N) is 2. The molecule has 2 rings (SSSR count). The van der Waals surface area contributed by atoms with E-state index in [1.165, 1.54) is 0 Å². The van der Waals surface area contributed by atoms with Gasteiger partial charge < -0.3 is 11.5 Å². The summed E-state index contributed by atoms with van der Waals surface area (Å²) in [5, 5.41) is 0. The Morgan fingerprint density at radius 3 is 2.56 bits per heavy atom. The first-order chi connectivity index (χ1) is 7.66. The average molecular weight is 213 g/mol. The monoisotopic (exact) mass is 213 g/mol. The van der Waals surface area contributed by atoms with Gasteiger partial charge in [0.25, 0.3) is 5.91 Å². The zero-order valence-electron chi connectivity index (χ0n) is 8.55. The first kappa shape index (κ1) is 10.2. The van der Waals surface area contributed by atoms with Crippen LogP contribution < -0.4 is 11.5 Å². The summed E-state index contributed by atoms with van der Waals surface area (Å²) < 4.78 is 0. The Bertz CT molecular complexity index is 537. The van der Waals surface area contributed by atoms with Crippen LogP contribution in [0.3, 0.4) is 0 Å². The van der Waals surface area contributed by atoms with Crippen LogP contribution in [-0.4, -0.2) is 10.9 Å². The number of carbonyl (C=O) groups excluding carboxylic acids is 1. The highest BCUT2D eigenvalue weighted by Gasteiger charge is 2.04. The molecule has 1 heterocycles. The fraction of sp³-hybridized carbons (Fsp3) is 0. The Kier molecular flexibility index (Phi) is 2.55. The van der Waals surface area contributed by atoms with Crippen LogP contribution in [0.15, 0.2) is 42.5 Å². The van der Waals surface area contributed by atoms with Gasteiger partial charge >= 0.3 is 0 Å². The molecule has 1 aromatic carbocycles. The van der Waals surface area contributed by atoms with E-state index in [0.717, 1.165) is 5.56 Å². The Hall–Kier alpha value is -2.36. The van der Waals surface area contributed by atoms with Gasteiger partial charge in [-0.3, -0.25) is 4.79 Å². The van der Waals surface area contributed by atoms with Crippen LogP contribution >= 0.6 is 0 Å². The zero-order chi connectivity index (χ0) is 11.5. The second-order valence-corrected chi connectivity index (χ2v) is 3.40.